The molecule has 0 aliphatic rings. The maximum Gasteiger partial charge on any atom is 0.260 e. The van der Waals surface area contributed by atoms with Gasteiger partial charge in [0, 0.05) is 30.2 Å². The van der Waals surface area contributed by atoms with Gasteiger partial charge in [0.15, 0.2) is 5.16 Å². The highest BCUT2D eigenvalue weighted by atomic mass is 35.5. The zero-order valence-corrected chi connectivity index (χ0v) is 17.0. The third-order valence-electron chi connectivity index (χ3n) is 3.99. The van der Waals surface area contributed by atoms with Crippen LogP contribution in [0.15, 0.2) is 40.4 Å². The molecule has 8 heteroatoms. The van der Waals surface area contributed by atoms with E-state index in [1.165, 1.54) is 11.8 Å². The number of aromatic nitrogens is 3. The first-order valence-corrected chi connectivity index (χ1v) is 9.94. The van der Waals surface area contributed by atoms with E-state index in [4.69, 9.17) is 23.2 Å². The van der Waals surface area contributed by atoms with E-state index < -0.39 is 0 Å². The summed E-state index contributed by atoms with van der Waals surface area (Å²) in [5.41, 5.74) is 1.44. The summed E-state index contributed by atoms with van der Waals surface area (Å²) in [5.74, 6) is 0. The van der Waals surface area contributed by atoms with Crippen molar-refractivity contribution < 1.29 is 0 Å². The predicted octanol–water partition coefficient (Wildman–Crippen LogP) is 4.05. The molecular weight excluding hydrogens is 391 g/mol. The van der Waals surface area contributed by atoms with Crippen LogP contribution in [0, 0.1) is 0 Å². The first kappa shape index (κ1) is 19.2. The van der Waals surface area contributed by atoms with Gasteiger partial charge in [0.1, 0.15) is 5.65 Å². The lowest BCUT2D eigenvalue weighted by Crippen LogP contribution is -2.28. The molecule has 136 valence electrons. The number of benzene rings is 1. The van der Waals surface area contributed by atoms with E-state index in [0.717, 1.165) is 5.39 Å². The Kier molecular flexibility index (Phi) is 5.87. The maximum absolute atomic E-state index is 13.3. The molecule has 5 nitrogen and oxygen atoms in total. The fourth-order valence-corrected chi connectivity index (χ4v) is 3.62. The molecule has 2 aromatic heterocycles. The van der Waals surface area contributed by atoms with Crippen LogP contribution in [0.3, 0.4) is 0 Å². The van der Waals surface area contributed by atoms with Gasteiger partial charge < -0.3 is 4.90 Å². The highest BCUT2D eigenvalue weighted by Crippen LogP contribution is 2.33. The van der Waals surface area contributed by atoms with Gasteiger partial charge in [-0.3, -0.25) is 9.36 Å². The zero-order chi connectivity index (χ0) is 18.8. The van der Waals surface area contributed by atoms with Crippen molar-refractivity contribution in [2.45, 2.75) is 11.7 Å². The molecular formula is C18H18Cl2N4OS. The van der Waals surface area contributed by atoms with Crippen LogP contribution in [0.2, 0.25) is 10.0 Å². The van der Waals surface area contributed by atoms with Gasteiger partial charge >= 0.3 is 0 Å². The number of pyridine rings is 1. The van der Waals surface area contributed by atoms with Crippen LogP contribution < -0.4 is 5.56 Å². The minimum absolute atomic E-state index is 0.167. The molecule has 3 rings (SSSR count). The number of hydrogen-bond donors (Lipinski definition) is 0. The van der Waals surface area contributed by atoms with Gasteiger partial charge in [0.2, 0.25) is 0 Å². The monoisotopic (exact) mass is 408 g/mol. The lowest BCUT2D eigenvalue weighted by Gasteiger charge is -2.16. The average molecular weight is 409 g/mol. The molecule has 1 aromatic carbocycles. The van der Waals surface area contributed by atoms with Crippen LogP contribution in [0.5, 0.6) is 0 Å². The summed E-state index contributed by atoms with van der Waals surface area (Å²) in [7, 11) is 3.93. The summed E-state index contributed by atoms with van der Waals surface area (Å²) in [6, 6.07) is 6.97. The van der Waals surface area contributed by atoms with Gasteiger partial charge in [-0.15, -0.1) is 0 Å². The fraction of sp³-hybridized carbons (Fsp3) is 0.278. The highest BCUT2D eigenvalue weighted by Gasteiger charge is 2.17. The van der Waals surface area contributed by atoms with Crippen molar-refractivity contribution in [1.29, 1.82) is 0 Å². The molecule has 0 saturated heterocycles. The average Bonchev–Trinajstić information content (AvgIpc) is 2.60. The Morgan fingerprint density at radius 2 is 1.92 bits per heavy atom. The van der Waals surface area contributed by atoms with Crippen molar-refractivity contribution in [2.24, 2.45) is 0 Å². The molecule has 0 aliphatic heterocycles. The molecule has 0 aliphatic carbocycles. The zero-order valence-electron chi connectivity index (χ0n) is 14.7. The van der Waals surface area contributed by atoms with Crippen LogP contribution in [-0.4, -0.2) is 46.3 Å². The Labute approximate surface area is 166 Å². The number of rotatable bonds is 5. The minimum Gasteiger partial charge on any atom is -0.308 e. The lowest BCUT2D eigenvalue weighted by molar-refractivity contribution is 0.383. The summed E-state index contributed by atoms with van der Waals surface area (Å²) in [6.07, 6.45) is 3.63. The number of halogens is 2. The number of thioether (sulfide) groups is 1. The molecule has 0 atom stereocenters. The van der Waals surface area contributed by atoms with Crippen molar-refractivity contribution in [3.8, 4) is 11.1 Å². The Morgan fingerprint density at radius 1 is 1.23 bits per heavy atom. The van der Waals surface area contributed by atoms with Crippen molar-refractivity contribution in [3.63, 3.8) is 0 Å². The molecule has 0 unspecified atom stereocenters. The Morgan fingerprint density at radius 3 is 2.54 bits per heavy atom. The standard InChI is InChI=1S/C18H18Cl2N4OS/c1-23(2)7-8-24-16-11(10-21-18(22-16)26-3)9-12(17(24)25)15-13(19)5-4-6-14(15)20/h4-6,9-10H,7-8H2,1-3H3. The van der Waals surface area contributed by atoms with Crippen LogP contribution in [0.4, 0.5) is 0 Å². The third kappa shape index (κ3) is 3.74. The number of hydrogen-bond acceptors (Lipinski definition) is 5. The van der Waals surface area contributed by atoms with E-state index in [2.05, 4.69) is 9.97 Å². The van der Waals surface area contributed by atoms with Crippen LogP contribution >= 0.6 is 35.0 Å². The predicted molar refractivity (Wildman–Crippen MR) is 110 cm³/mol. The van der Waals surface area contributed by atoms with Crippen LogP contribution in [-0.2, 0) is 6.54 Å². The SMILES string of the molecule is CSc1ncc2cc(-c3c(Cl)cccc3Cl)c(=O)n(CCN(C)C)c2n1. The van der Waals surface area contributed by atoms with E-state index in [1.54, 1.807) is 35.0 Å². The second-order valence-corrected chi connectivity index (χ2v) is 7.64. The van der Waals surface area contributed by atoms with Gasteiger partial charge in [-0.1, -0.05) is 41.0 Å². The van der Waals surface area contributed by atoms with Gasteiger partial charge in [-0.2, -0.15) is 0 Å². The summed E-state index contributed by atoms with van der Waals surface area (Å²) in [6.45, 7) is 1.20. The Bertz CT molecular complexity index is 1000. The van der Waals surface area contributed by atoms with Crippen LogP contribution in [0.1, 0.15) is 0 Å². The van der Waals surface area contributed by atoms with Crippen molar-refractivity contribution >= 4 is 46.0 Å². The first-order chi connectivity index (χ1) is 12.4. The molecule has 0 spiro atoms. The summed E-state index contributed by atoms with van der Waals surface area (Å²) < 4.78 is 1.67. The molecule has 0 saturated carbocycles. The van der Waals surface area contributed by atoms with Crippen molar-refractivity contribution in [3.05, 3.63) is 50.9 Å². The van der Waals surface area contributed by atoms with Gasteiger partial charge in [0.25, 0.3) is 5.56 Å². The molecule has 0 fully saturated rings. The largest absolute Gasteiger partial charge is 0.308 e. The molecule has 2 heterocycles. The number of nitrogens with zero attached hydrogens (tertiary/aromatic N) is 4. The molecule has 3 aromatic rings. The molecule has 26 heavy (non-hydrogen) atoms. The van der Waals surface area contributed by atoms with E-state index in [0.29, 0.717) is 45.1 Å². The minimum atomic E-state index is -0.167. The second kappa shape index (κ2) is 7.96. The van der Waals surface area contributed by atoms with E-state index in [-0.39, 0.29) is 5.56 Å². The molecule has 0 amide bonds. The van der Waals surface area contributed by atoms with Crippen molar-refractivity contribution in [1.82, 2.24) is 19.4 Å². The second-order valence-electron chi connectivity index (χ2n) is 6.05. The van der Waals surface area contributed by atoms with Gasteiger partial charge in [0.05, 0.1) is 15.6 Å². The Hall–Kier alpha value is -1.60. The van der Waals surface area contributed by atoms with Gasteiger partial charge in [-0.05, 0) is 38.6 Å². The Balaban J connectivity index is 2.32. The smallest absolute Gasteiger partial charge is 0.260 e. The van der Waals surface area contributed by atoms with E-state index in [1.807, 2.05) is 25.3 Å². The quantitative estimate of drug-likeness (QED) is 0.470. The molecule has 0 radical (unpaired) electrons. The third-order valence-corrected chi connectivity index (χ3v) is 5.18. The number of likely N-dealkylation sites (N-methyl/N-ethyl adjacent to an activating group) is 1. The first-order valence-electron chi connectivity index (χ1n) is 7.96. The maximum atomic E-state index is 13.3. The van der Waals surface area contributed by atoms with Gasteiger partial charge in [-0.25, -0.2) is 9.97 Å². The van der Waals surface area contributed by atoms with E-state index >= 15 is 0 Å². The van der Waals surface area contributed by atoms with Crippen LogP contribution in [0.25, 0.3) is 22.2 Å². The normalized spacial score (nSPS) is 11.5. The number of fused-ring (bicyclic) bond motifs is 1. The lowest BCUT2D eigenvalue weighted by atomic mass is 10.1. The topological polar surface area (TPSA) is 51.0 Å². The summed E-state index contributed by atoms with van der Waals surface area (Å²) in [5, 5.41) is 2.27. The molecule has 0 N–H and O–H groups in total. The van der Waals surface area contributed by atoms with Crippen molar-refractivity contribution in [2.75, 3.05) is 26.9 Å². The summed E-state index contributed by atoms with van der Waals surface area (Å²) >= 11 is 14.1. The summed E-state index contributed by atoms with van der Waals surface area (Å²) in [4.78, 5) is 24.2. The van der Waals surface area contributed by atoms with E-state index in [9.17, 15) is 4.79 Å². The fourth-order valence-electron chi connectivity index (χ4n) is 2.68. The highest BCUT2D eigenvalue weighted by molar-refractivity contribution is 7.98. The molecule has 0 bridgehead atoms.